The minimum atomic E-state index is -0.972. The van der Waals surface area contributed by atoms with Crippen LogP contribution in [0.25, 0.3) is 11.3 Å². The van der Waals surface area contributed by atoms with Gasteiger partial charge in [0.1, 0.15) is 18.1 Å². The number of aromatic carboxylic acids is 1. The SMILES string of the molecule is Cc1ccc(C(=O)O)cc1-c1ccc(CO)o1. The summed E-state index contributed by atoms with van der Waals surface area (Å²) in [5.74, 6) is 0.0509. The fourth-order valence-electron chi connectivity index (χ4n) is 1.63. The van der Waals surface area contributed by atoms with Gasteiger partial charge in [0.2, 0.25) is 0 Å². The molecule has 0 amide bonds. The second kappa shape index (κ2) is 4.43. The van der Waals surface area contributed by atoms with Gasteiger partial charge in [0.25, 0.3) is 0 Å². The Bertz CT molecular complexity index is 554. The van der Waals surface area contributed by atoms with E-state index in [1.165, 1.54) is 0 Å². The van der Waals surface area contributed by atoms with E-state index < -0.39 is 5.97 Å². The van der Waals surface area contributed by atoms with Gasteiger partial charge < -0.3 is 14.6 Å². The van der Waals surface area contributed by atoms with Crippen LogP contribution in [0.5, 0.6) is 0 Å². The van der Waals surface area contributed by atoms with Crippen molar-refractivity contribution in [2.45, 2.75) is 13.5 Å². The van der Waals surface area contributed by atoms with E-state index in [9.17, 15) is 4.79 Å². The van der Waals surface area contributed by atoms with Crippen molar-refractivity contribution in [3.63, 3.8) is 0 Å². The first kappa shape index (κ1) is 11.4. The molecule has 88 valence electrons. The molecular weight excluding hydrogens is 220 g/mol. The molecule has 17 heavy (non-hydrogen) atoms. The second-order valence-corrected chi connectivity index (χ2v) is 3.76. The van der Waals surface area contributed by atoms with Crippen LogP contribution < -0.4 is 0 Å². The second-order valence-electron chi connectivity index (χ2n) is 3.76. The lowest BCUT2D eigenvalue weighted by molar-refractivity contribution is 0.0697. The lowest BCUT2D eigenvalue weighted by Gasteiger charge is -2.04. The highest BCUT2D eigenvalue weighted by atomic mass is 16.4. The molecule has 2 rings (SSSR count). The highest BCUT2D eigenvalue weighted by molar-refractivity contribution is 5.89. The van der Waals surface area contributed by atoms with Crippen molar-refractivity contribution in [2.75, 3.05) is 0 Å². The number of furan rings is 1. The first-order valence-corrected chi connectivity index (χ1v) is 5.15. The maximum Gasteiger partial charge on any atom is 0.335 e. The molecule has 0 aliphatic rings. The summed E-state index contributed by atoms with van der Waals surface area (Å²) < 4.78 is 5.39. The summed E-state index contributed by atoms with van der Waals surface area (Å²) in [5.41, 5.74) is 1.87. The number of aliphatic hydroxyl groups is 1. The maximum atomic E-state index is 10.9. The Kier molecular flexibility index (Phi) is 2.97. The first-order chi connectivity index (χ1) is 8.11. The molecule has 1 heterocycles. The van der Waals surface area contributed by atoms with Crippen molar-refractivity contribution in [3.8, 4) is 11.3 Å². The third kappa shape index (κ3) is 2.21. The van der Waals surface area contributed by atoms with Crippen LogP contribution in [0.2, 0.25) is 0 Å². The van der Waals surface area contributed by atoms with Crippen LogP contribution in [0, 0.1) is 6.92 Å². The van der Waals surface area contributed by atoms with E-state index in [0.717, 1.165) is 11.1 Å². The molecule has 0 saturated heterocycles. The van der Waals surface area contributed by atoms with Gasteiger partial charge in [-0.15, -0.1) is 0 Å². The van der Waals surface area contributed by atoms with E-state index in [-0.39, 0.29) is 12.2 Å². The van der Waals surface area contributed by atoms with Crippen LogP contribution in [0.3, 0.4) is 0 Å². The van der Waals surface area contributed by atoms with Crippen molar-refractivity contribution >= 4 is 5.97 Å². The van der Waals surface area contributed by atoms with Crippen LogP contribution >= 0.6 is 0 Å². The topological polar surface area (TPSA) is 70.7 Å². The van der Waals surface area contributed by atoms with Gasteiger partial charge in [0.05, 0.1) is 5.56 Å². The normalized spacial score (nSPS) is 10.5. The number of hydrogen-bond donors (Lipinski definition) is 2. The van der Waals surface area contributed by atoms with Gasteiger partial charge >= 0.3 is 5.97 Å². The van der Waals surface area contributed by atoms with Gasteiger partial charge in [-0.3, -0.25) is 0 Å². The molecule has 0 aliphatic heterocycles. The number of aliphatic hydroxyl groups excluding tert-OH is 1. The van der Waals surface area contributed by atoms with Gasteiger partial charge in [-0.2, -0.15) is 0 Å². The molecule has 1 aromatic heterocycles. The summed E-state index contributed by atoms with van der Waals surface area (Å²) in [6.45, 7) is 1.71. The minimum Gasteiger partial charge on any atom is -0.478 e. The smallest absolute Gasteiger partial charge is 0.335 e. The third-order valence-electron chi connectivity index (χ3n) is 2.57. The zero-order chi connectivity index (χ0) is 12.4. The van der Waals surface area contributed by atoms with Gasteiger partial charge in [-0.05, 0) is 36.8 Å². The molecule has 0 saturated carbocycles. The van der Waals surface area contributed by atoms with Gasteiger partial charge in [-0.25, -0.2) is 4.79 Å². The first-order valence-electron chi connectivity index (χ1n) is 5.15. The highest BCUT2D eigenvalue weighted by Gasteiger charge is 2.10. The molecule has 4 heteroatoms. The molecule has 4 nitrogen and oxygen atoms in total. The maximum absolute atomic E-state index is 10.9. The molecular formula is C13H12O4. The standard InChI is InChI=1S/C13H12O4/c1-8-2-3-9(13(15)16)6-11(8)12-5-4-10(7-14)17-12/h2-6,14H,7H2,1H3,(H,15,16). The Labute approximate surface area is 98.1 Å². The molecule has 0 radical (unpaired) electrons. The lowest BCUT2D eigenvalue weighted by Crippen LogP contribution is -1.96. The Morgan fingerprint density at radius 1 is 1.29 bits per heavy atom. The van der Waals surface area contributed by atoms with Gasteiger partial charge in [0.15, 0.2) is 0 Å². The van der Waals surface area contributed by atoms with Crippen LogP contribution in [-0.2, 0) is 6.61 Å². The average molecular weight is 232 g/mol. The summed E-state index contributed by atoms with van der Waals surface area (Å²) in [7, 11) is 0. The average Bonchev–Trinajstić information content (AvgIpc) is 2.77. The number of aryl methyl sites for hydroxylation is 1. The van der Waals surface area contributed by atoms with Crippen molar-refractivity contribution in [1.82, 2.24) is 0 Å². The molecule has 0 aliphatic carbocycles. The van der Waals surface area contributed by atoms with Crippen molar-refractivity contribution < 1.29 is 19.4 Å². The molecule has 0 bridgehead atoms. The number of benzene rings is 1. The summed E-state index contributed by atoms with van der Waals surface area (Å²) in [5, 5.41) is 17.8. The van der Waals surface area contributed by atoms with E-state index in [4.69, 9.17) is 14.6 Å². The van der Waals surface area contributed by atoms with E-state index in [2.05, 4.69) is 0 Å². The Morgan fingerprint density at radius 3 is 2.65 bits per heavy atom. The third-order valence-corrected chi connectivity index (χ3v) is 2.57. The number of hydrogen-bond acceptors (Lipinski definition) is 3. The van der Waals surface area contributed by atoms with Crippen molar-refractivity contribution in [2.24, 2.45) is 0 Å². The zero-order valence-electron chi connectivity index (χ0n) is 9.30. The Hall–Kier alpha value is -2.07. The van der Waals surface area contributed by atoms with Crippen LogP contribution in [-0.4, -0.2) is 16.2 Å². The summed E-state index contributed by atoms with van der Waals surface area (Å²) in [6, 6.07) is 8.25. The fraction of sp³-hybridized carbons (Fsp3) is 0.154. The number of rotatable bonds is 3. The molecule has 0 atom stereocenters. The molecule has 2 N–H and O–H groups in total. The highest BCUT2D eigenvalue weighted by Crippen LogP contribution is 2.26. The Morgan fingerprint density at radius 2 is 2.06 bits per heavy atom. The summed E-state index contributed by atoms with van der Waals surface area (Å²) in [4.78, 5) is 10.9. The van der Waals surface area contributed by atoms with Crippen LogP contribution in [0.1, 0.15) is 21.7 Å². The zero-order valence-corrected chi connectivity index (χ0v) is 9.30. The minimum absolute atomic E-state index is 0.169. The molecule has 0 spiro atoms. The van der Waals surface area contributed by atoms with E-state index >= 15 is 0 Å². The van der Waals surface area contributed by atoms with Crippen molar-refractivity contribution in [3.05, 3.63) is 47.2 Å². The van der Waals surface area contributed by atoms with Gasteiger partial charge in [0, 0.05) is 5.56 Å². The van der Waals surface area contributed by atoms with Crippen LogP contribution in [0.4, 0.5) is 0 Å². The van der Waals surface area contributed by atoms with E-state index in [1.807, 2.05) is 6.92 Å². The number of carboxylic acid groups (broad SMARTS) is 1. The molecule has 0 fully saturated rings. The molecule has 0 unspecified atom stereocenters. The quantitative estimate of drug-likeness (QED) is 0.852. The molecule has 2 aromatic rings. The predicted molar refractivity (Wildman–Crippen MR) is 61.8 cm³/mol. The monoisotopic (exact) mass is 232 g/mol. The van der Waals surface area contributed by atoms with Crippen molar-refractivity contribution in [1.29, 1.82) is 0 Å². The number of carboxylic acids is 1. The molecule has 1 aromatic carbocycles. The summed E-state index contributed by atoms with van der Waals surface area (Å²) >= 11 is 0. The van der Waals surface area contributed by atoms with Crippen LogP contribution in [0.15, 0.2) is 34.7 Å². The fourth-order valence-corrected chi connectivity index (χ4v) is 1.63. The van der Waals surface area contributed by atoms with E-state index in [1.54, 1.807) is 30.3 Å². The Balaban J connectivity index is 2.49. The number of carbonyl (C=O) groups is 1. The predicted octanol–water partition coefficient (Wildman–Crippen LogP) is 2.45. The van der Waals surface area contributed by atoms with Gasteiger partial charge in [-0.1, -0.05) is 6.07 Å². The lowest BCUT2D eigenvalue weighted by atomic mass is 10.0. The largest absolute Gasteiger partial charge is 0.478 e. The summed E-state index contributed by atoms with van der Waals surface area (Å²) in [6.07, 6.45) is 0. The van der Waals surface area contributed by atoms with E-state index in [0.29, 0.717) is 11.5 Å².